The Bertz CT molecular complexity index is 884. The first kappa shape index (κ1) is 16.8. The van der Waals surface area contributed by atoms with Gasteiger partial charge in [0.25, 0.3) is 0 Å². The number of rotatable bonds is 7. The zero-order valence-electron chi connectivity index (χ0n) is 13.7. The van der Waals surface area contributed by atoms with Crippen LogP contribution in [0.4, 0.5) is 5.69 Å². The Morgan fingerprint density at radius 1 is 1.42 bits per heavy atom. The Kier molecular flexibility index (Phi) is 4.71. The number of furan rings is 1. The lowest BCUT2D eigenvalue weighted by molar-refractivity contribution is -0.385. The van der Waals surface area contributed by atoms with E-state index in [-0.39, 0.29) is 11.8 Å². The molecule has 1 unspecified atom stereocenters. The van der Waals surface area contributed by atoms with Gasteiger partial charge in [-0.1, -0.05) is 11.8 Å². The third-order valence-corrected chi connectivity index (χ3v) is 4.98. The first-order chi connectivity index (χ1) is 12.7. The van der Waals surface area contributed by atoms with E-state index in [0.29, 0.717) is 29.2 Å². The molecule has 0 radical (unpaired) electrons. The van der Waals surface area contributed by atoms with E-state index in [1.165, 1.54) is 28.8 Å². The molecule has 0 bridgehead atoms. The molecule has 26 heavy (non-hydrogen) atoms. The highest BCUT2D eigenvalue weighted by Crippen LogP contribution is 2.27. The van der Waals surface area contributed by atoms with Crippen LogP contribution >= 0.6 is 11.8 Å². The molecule has 0 aromatic carbocycles. The van der Waals surface area contributed by atoms with Gasteiger partial charge in [0.05, 0.1) is 29.7 Å². The summed E-state index contributed by atoms with van der Waals surface area (Å²) in [7, 11) is 0. The molecule has 0 N–H and O–H groups in total. The second-order valence-electron chi connectivity index (χ2n) is 5.80. The SMILES string of the molecule is O=[N+]([O-])c1cnn(CSc2nnc(-c3ccco3)n2CC2CCCO2)c1. The molecule has 136 valence electrons. The molecule has 10 nitrogen and oxygen atoms in total. The number of thioether (sulfide) groups is 1. The maximum absolute atomic E-state index is 10.8. The smallest absolute Gasteiger partial charge is 0.307 e. The molecule has 1 saturated heterocycles. The molecule has 0 spiro atoms. The quantitative estimate of drug-likeness (QED) is 0.351. The van der Waals surface area contributed by atoms with Crippen molar-refractivity contribution in [3.05, 3.63) is 40.9 Å². The summed E-state index contributed by atoms with van der Waals surface area (Å²) < 4.78 is 14.7. The van der Waals surface area contributed by atoms with Gasteiger partial charge in [0.15, 0.2) is 10.9 Å². The second-order valence-corrected chi connectivity index (χ2v) is 6.71. The number of ether oxygens (including phenoxy) is 1. The van der Waals surface area contributed by atoms with Crippen molar-refractivity contribution in [1.29, 1.82) is 0 Å². The molecule has 11 heteroatoms. The Labute approximate surface area is 152 Å². The molecule has 0 saturated carbocycles. The van der Waals surface area contributed by atoms with E-state index in [2.05, 4.69) is 15.3 Å². The fourth-order valence-electron chi connectivity index (χ4n) is 2.78. The topological polar surface area (TPSA) is 114 Å². The van der Waals surface area contributed by atoms with Crippen LogP contribution < -0.4 is 0 Å². The summed E-state index contributed by atoms with van der Waals surface area (Å²) in [5, 5.41) is 24.0. The maximum Gasteiger partial charge on any atom is 0.307 e. The van der Waals surface area contributed by atoms with Gasteiger partial charge in [0.2, 0.25) is 5.82 Å². The molecule has 0 amide bonds. The van der Waals surface area contributed by atoms with Crippen molar-refractivity contribution >= 4 is 17.4 Å². The number of hydrogen-bond donors (Lipinski definition) is 0. The Morgan fingerprint density at radius 2 is 2.35 bits per heavy atom. The average Bonchev–Trinajstić information content (AvgIpc) is 3.41. The molecule has 3 aromatic rings. The van der Waals surface area contributed by atoms with Crippen LogP contribution in [0.25, 0.3) is 11.6 Å². The summed E-state index contributed by atoms with van der Waals surface area (Å²) in [5.74, 6) is 1.66. The summed E-state index contributed by atoms with van der Waals surface area (Å²) >= 11 is 1.40. The van der Waals surface area contributed by atoms with Crippen LogP contribution in [-0.4, -0.2) is 42.2 Å². The average molecular weight is 376 g/mol. The van der Waals surface area contributed by atoms with Crippen LogP contribution in [0.1, 0.15) is 12.8 Å². The van der Waals surface area contributed by atoms with Crippen LogP contribution in [0, 0.1) is 10.1 Å². The van der Waals surface area contributed by atoms with Gasteiger partial charge in [0.1, 0.15) is 12.4 Å². The molecule has 1 aliphatic rings. The highest BCUT2D eigenvalue weighted by molar-refractivity contribution is 7.98. The van der Waals surface area contributed by atoms with Crippen LogP contribution in [0.3, 0.4) is 0 Å². The Morgan fingerprint density at radius 3 is 3.04 bits per heavy atom. The van der Waals surface area contributed by atoms with Crippen molar-refractivity contribution in [2.75, 3.05) is 6.61 Å². The Hall–Kier alpha value is -2.66. The first-order valence-electron chi connectivity index (χ1n) is 8.09. The summed E-state index contributed by atoms with van der Waals surface area (Å²) in [6, 6.07) is 3.64. The molecule has 0 aliphatic carbocycles. The van der Waals surface area contributed by atoms with Crippen molar-refractivity contribution < 1.29 is 14.1 Å². The lowest BCUT2D eigenvalue weighted by Crippen LogP contribution is -2.16. The molecule has 4 rings (SSSR count). The largest absolute Gasteiger partial charge is 0.461 e. The van der Waals surface area contributed by atoms with Gasteiger partial charge < -0.3 is 9.15 Å². The van der Waals surface area contributed by atoms with E-state index in [4.69, 9.17) is 9.15 Å². The summed E-state index contributed by atoms with van der Waals surface area (Å²) in [6.45, 7) is 1.40. The lowest BCUT2D eigenvalue weighted by atomic mass is 10.2. The number of nitrogens with zero attached hydrogens (tertiary/aromatic N) is 6. The van der Waals surface area contributed by atoms with Gasteiger partial charge in [-0.25, -0.2) is 0 Å². The zero-order chi connectivity index (χ0) is 17.9. The minimum absolute atomic E-state index is 0.0392. The normalized spacial score (nSPS) is 17.0. The molecule has 1 aliphatic heterocycles. The van der Waals surface area contributed by atoms with E-state index >= 15 is 0 Å². The van der Waals surface area contributed by atoms with Crippen molar-refractivity contribution in [1.82, 2.24) is 24.5 Å². The fourth-order valence-corrected chi connectivity index (χ4v) is 3.59. The minimum Gasteiger partial charge on any atom is -0.461 e. The monoisotopic (exact) mass is 376 g/mol. The van der Waals surface area contributed by atoms with Crippen LogP contribution in [0.5, 0.6) is 0 Å². The van der Waals surface area contributed by atoms with Crippen LogP contribution in [0.2, 0.25) is 0 Å². The summed E-state index contributed by atoms with van der Waals surface area (Å²) in [6.07, 6.45) is 6.36. The predicted molar refractivity (Wildman–Crippen MR) is 91.4 cm³/mol. The fraction of sp³-hybridized carbons (Fsp3) is 0.400. The van der Waals surface area contributed by atoms with E-state index in [0.717, 1.165) is 19.4 Å². The predicted octanol–water partition coefficient (Wildman–Crippen LogP) is 2.57. The molecule has 1 fully saturated rings. The van der Waals surface area contributed by atoms with Crippen molar-refractivity contribution in [3.63, 3.8) is 0 Å². The van der Waals surface area contributed by atoms with Crippen molar-refractivity contribution in [2.24, 2.45) is 0 Å². The zero-order valence-corrected chi connectivity index (χ0v) is 14.5. The molecule has 3 aromatic heterocycles. The van der Waals surface area contributed by atoms with Gasteiger partial charge in [-0.15, -0.1) is 10.2 Å². The summed E-state index contributed by atoms with van der Waals surface area (Å²) in [5.41, 5.74) is -0.0392. The van der Waals surface area contributed by atoms with E-state index in [9.17, 15) is 10.1 Å². The lowest BCUT2D eigenvalue weighted by Gasteiger charge is -2.13. The highest BCUT2D eigenvalue weighted by atomic mass is 32.2. The molecule has 1 atom stereocenters. The molecule has 4 heterocycles. The van der Waals surface area contributed by atoms with Crippen molar-refractivity contribution in [2.45, 2.75) is 36.5 Å². The van der Waals surface area contributed by atoms with Gasteiger partial charge >= 0.3 is 5.69 Å². The van der Waals surface area contributed by atoms with Crippen LogP contribution in [-0.2, 0) is 17.2 Å². The van der Waals surface area contributed by atoms with E-state index in [1.807, 2.05) is 10.6 Å². The minimum atomic E-state index is -0.469. The number of aromatic nitrogens is 5. The first-order valence-corrected chi connectivity index (χ1v) is 9.07. The third-order valence-electron chi connectivity index (χ3n) is 4.02. The van der Waals surface area contributed by atoms with Gasteiger partial charge in [-0.05, 0) is 25.0 Å². The van der Waals surface area contributed by atoms with Gasteiger partial charge in [-0.2, -0.15) is 5.10 Å². The Balaban J connectivity index is 1.55. The van der Waals surface area contributed by atoms with Crippen LogP contribution in [0.15, 0.2) is 40.4 Å². The van der Waals surface area contributed by atoms with Gasteiger partial charge in [0, 0.05) is 6.61 Å². The number of hydrogen-bond acceptors (Lipinski definition) is 8. The maximum atomic E-state index is 10.8. The number of nitro groups is 1. The third kappa shape index (κ3) is 3.48. The van der Waals surface area contributed by atoms with Gasteiger partial charge in [-0.3, -0.25) is 19.4 Å². The highest BCUT2D eigenvalue weighted by Gasteiger charge is 2.23. The van der Waals surface area contributed by atoms with E-state index < -0.39 is 4.92 Å². The van der Waals surface area contributed by atoms with E-state index in [1.54, 1.807) is 12.3 Å². The summed E-state index contributed by atoms with van der Waals surface area (Å²) in [4.78, 5) is 10.3. The second kappa shape index (κ2) is 7.30. The standard InChI is InChI=1S/C15H16N6O4S/c22-21(23)11-7-16-19(8-11)10-26-15-18-17-14(13-4-2-6-25-13)20(15)9-12-3-1-5-24-12/h2,4,6-8,12H,1,3,5,9-10H2. The van der Waals surface area contributed by atoms with Crippen molar-refractivity contribution in [3.8, 4) is 11.6 Å². The molecular formula is C15H16N6O4S. The molecular weight excluding hydrogens is 360 g/mol.